The summed E-state index contributed by atoms with van der Waals surface area (Å²) in [4.78, 5) is 22.3. The van der Waals surface area contributed by atoms with E-state index in [2.05, 4.69) is 26.0 Å². The first kappa shape index (κ1) is 15.5. The van der Waals surface area contributed by atoms with Gasteiger partial charge in [-0.2, -0.15) is 0 Å². The van der Waals surface area contributed by atoms with Crippen LogP contribution < -0.4 is 10.1 Å². The number of esters is 1. The van der Waals surface area contributed by atoms with Crippen LogP contribution in [-0.2, 0) is 20.7 Å². The Morgan fingerprint density at radius 2 is 2.05 bits per heavy atom. The van der Waals surface area contributed by atoms with Crippen molar-refractivity contribution in [3.8, 4) is 5.75 Å². The molecule has 0 spiro atoms. The molecule has 0 saturated heterocycles. The monoisotopic (exact) mass is 329 g/mol. The Balaban J connectivity index is 2.47. The molecule has 5 nitrogen and oxygen atoms in total. The predicted octanol–water partition coefficient (Wildman–Crippen LogP) is 1.68. The Bertz CT molecular complexity index is 462. The van der Waals surface area contributed by atoms with Crippen LogP contribution in [0, 0.1) is 0 Å². The summed E-state index contributed by atoms with van der Waals surface area (Å²) in [6, 6.07) is 5.68. The molecule has 0 radical (unpaired) electrons. The molecule has 0 fully saturated rings. The highest BCUT2D eigenvalue weighted by Gasteiger charge is 2.09. The summed E-state index contributed by atoms with van der Waals surface area (Å²) >= 11 is 3.38. The normalized spacial score (nSPS) is 9.84. The number of hydrogen-bond acceptors (Lipinski definition) is 4. The Kier molecular flexibility index (Phi) is 6.35. The van der Waals surface area contributed by atoms with Crippen molar-refractivity contribution in [3.05, 3.63) is 28.2 Å². The van der Waals surface area contributed by atoms with E-state index in [1.165, 1.54) is 7.11 Å². The van der Waals surface area contributed by atoms with Gasteiger partial charge in [0.05, 0.1) is 14.2 Å². The van der Waals surface area contributed by atoms with Gasteiger partial charge in [-0.3, -0.25) is 9.59 Å². The molecule has 0 bridgehead atoms. The van der Waals surface area contributed by atoms with Gasteiger partial charge in [-0.1, -0.05) is 15.9 Å². The van der Waals surface area contributed by atoms with Gasteiger partial charge in [0.2, 0.25) is 5.91 Å². The van der Waals surface area contributed by atoms with E-state index >= 15 is 0 Å². The molecule has 1 aromatic rings. The average molecular weight is 330 g/mol. The van der Waals surface area contributed by atoms with Crippen molar-refractivity contribution in [2.45, 2.75) is 12.8 Å². The number of ether oxygens (including phenoxy) is 2. The summed E-state index contributed by atoms with van der Waals surface area (Å²) in [5.74, 6) is -0.122. The van der Waals surface area contributed by atoms with Gasteiger partial charge in [0, 0.05) is 11.0 Å². The molecule has 0 heterocycles. The number of benzene rings is 1. The summed E-state index contributed by atoms with van der Waals surface area (Å²) < 4.78 is 10.6. The molecular weight excluding hydrogens is 314 g/mol. The van der Waals surface area contributed by atoms with Crippen LogP contribution in [0.5, 0.6) is 5.75 Å². The molecule has 0 aliphatic heterocycles. The quantitative estimate of drug-likeness (QED) is 0.637. The van der Waals surface area contributed by atoms with E-state index in [0.717, 1.165) is 15.8 Å². The number of methoxy groups -OCH3 is 2. The van der Waals surface area contributed by atoms with E-state index in [1.54, 1.807) is 7.11 Å². The maximum Gasteiger partial charge on any atom is 0.315 e. The predicted molar refractivity (Wildman–Crippen MR) is 74.0 cm³/mol. The average Bonchev–Trinajstić information content (AvgIpc) is 2.38. The van der Waals surface area contributed by atoms with E-state index in [0.29, 0.717) is 13.0 Å². The third-order valence-electron chi connectivity index (χ3n) is 2.49. The Morgan fingerprint density at radius 1 is 1.32 bits per heavy atom. The van der Waals surface area contributed by atoms with Crippen LogP contribution in [0.25, 0.3) is 0 Å². The Labute approximate surface area is 120 Å². The van der Waals surface area contributed by atoms with Crippen molar-refractivity contribution in [1.82, 2.24) is 5.32 Å². The van der Waals surface area contributed by atoms with E-state index in [-0.39, 0.29) is 12.3 Å². The zero-order valence-corrected chi connectivity index (χ0v) is 12.5. The highest BCUT2D eigenvalue weighted by Crippen LogP contribution is 2.23. The minimum absolute atomic E-state index is 0.258. The van der Waals surface area contributed by atoms with Crippen LogP contribution in [0.15, 0.2) is 22.7 Å². The van der Waals surface area contributed by atoms with Gasteiger partial charge >= 0.3 is 5.97 Å². The minimum Gasteiger partial charge on any atom is -0.496 e. The first-order valence-corrected chi connectivity index (χ1v) is 6.52. The third-order valence-corrected chi connectivity index (χ3v) is 2.98. The summed E-state index contributed by atoms with van der Waals surface area (Å²) in [6.07, 6.45) is 0.363. The van der Waals surface area contributed by atoms with Gasteiger partial charge in [-0.15, -0.1) is 0 Å². The van der Waals surface area contributed by atoms with Crippen molar-refractivity contribution in [2.24, 2.45) is 0 Å². The first-order chi connectivity index (χ1) is 9.06. The number of carbonyl (C=O) groups excluding carboxylic acids is 2. The molecule has 1 amide bonds. The van der Waals surface area contributed by atoms with Gasteiger partial charge in [0.15, 0.2) is 0 Å². The van der Waals surface area contributed by atoms with Crippen molar-refractivity contribution in [1.29, 1.82) is 0 Å². The standard InChI is InChI=1S/C13H16BrNO4/c1-18-11-4-3-10(14)7-9(11)5-6-15-12(16)8-13(17)19-2/h3-4,7H,5-6,8H2,1-2H3,(H,15,16). The zero-order chi connectivity index (χ0) is 14.3. The van der Waals surface area contributed by atoms with Gasteiger partial charge in [-0.25, -0.2) is 0 Å². The third kappa shape index (κ3) is 5.30. The van der Waals surface area contributed by atoms with Crippen LogP contribution in [0.2, 0.25) is 0 Å². The second-order valence-corrected chi connectivity index (χ2v) is 4.72. The van der Waals surface area contributed by atoms with E-state index in [4.69, 9.17) is 4.74 Å². The highest BCUT2D eigenvalue weighted by atomic mass is 79.9. The number of nitrogens with one attached hydrogen (secondary N) is 1. The molecule has 19 heavy (non-hydrogen) atoms. The van der Waals surface area contributed by atoms with E-state index in [9.17, 15) is 9.59 Å². The minimum atomic E-state index is -0.544. The molecule has 104 valence electrons. The maximum atomic E-state index is 11.4. The fourth-order valence-corrected chi connectivity index (χ4v) is 1.95. The summed E-state index contributed by atoms with van der Waals surface area (Å²) in [5, 5.41) is 2.66. The zero-order valence-electron chi connectivity index (χ0n) is 10.9. The number of carbonyl (C=O) groups is 2. The molecule has 1 N–H and O–H groups in total. The van der Waals surface area contributed by atoms with Gasteiger partial charge in [0.25, 0.3) is 0 Å². The Hall–Kier alpha value is -1.56. The highest BCUT2D eigenvalue weighted by molar-refractivity contribution is 9.10. The molecule has 1 rings (SSSR count). The number of halogens is 1. The molecule has 6 heteroatoms. The van der Waals surface area contributed by atoms with E-state index < -0.39 is 5.97 Å². The number of hydrogen-bond donors (Lipinski definition) is 1. The molecule has 0 aliphatic rings. The maximum absolute atomic E-state index is 11.4. The molecular formula is C13H16BrNO4. The van der Waals surface area contributed by atoms with E-state index in [1.807, 2.05) is 18.2 Å². The van der Waals surface area contributed by atoms with Crippen molar-refractivity contribution in [3.63, 3.8) is 0 Å². The molecule has 0 aromatic heterocycles. The smallest absolute Gasteiger partial charge is 0.315 e. The SMILES string of the molecule is COC(=O)CC(=O)NCCc1cc(Br)ccc1OC. The van der Waals surface area contributed by atoms with Crippen molar-refractivity contribution < 1.29 is 19.1 Å². The first-order valence-electron chi connectivity index (χ1n) is 5.72. The fraction of sp³-hybridized carbons (Fsp3) is 0.385. The molecule has 0 aliphatic carbocycles. The van der Waals surface area contributed by atoms with Crippen LogP contribution >= 0.6 is 15.9 Å². The Morgan fingerprint density at radius 3 is 2.68 bits per heavy atom. The van der Waals surface area contributed by atoms with Crippen LogP contribution in [0.4, 0.5) is 0 Å². The second kappa shape index (κ2) is 7.78. The lowest BCUT2D eigenvalue weighted by Gasteiger charge is -2.09. The lowest BCUT2D eigenvalue weighted by Crippen LogP contribution is -2.28. The summed E-state index contributed by atoms with van der Waals surface area (Å²) in [7, 11) is 2.85. The van der Waals surface area contributed by atoms with Crippen molar-refractivity contribution in [2.75, 3.05) is 20.8 Å². The number of rotatable bonds is 6. The lowest BCUT2D eigenvalue weighted by molar-refractivity contribution is -0.143. The summed E-state index contributed by atoms with van der Waals surface area (Å²) in [6.45, 7) is 0.433. The topological polar surface area (TPSA) is 64.6 Å². The van der Waals surface area contributed by atoms with Crippen LogP contribution in [-0.4, -0.2) is 32.6 Å². The molecule has 0 atom stereocenters. The largest absolute Gasteiger partial charge is 0.496 e. The van der Waals surface area contributed by atoms with Crippen LogP contribution in [0.1, 0.15) is 12.0 Å². The lowest BCUT2D eigenvalue weighted by atomic mass is 10.1. The van der Waals surface area contributed by atoms with Gasteiger partial charge in [-0.05, 0) is 30.2 Å². The molecule has 1 aromatic carbocycles. The van der Waals surface area contributed by atoms with Crippen molar-refractivity contribution >= 4 is 27.8 Å². The summed E-state index contributed by atoms with van der Waals surface area (Å²) in [5.41, 5.74) is 0.982. The van der Waals surface area contributed by atoms with Gasteiger partial charge < -0.3 is 14.8 Å². The van der Waals surface area contributed by atoms with Crippen LogP contribution in [0.3, 0.4) is 0 Å². The molecule has 0 saturated carbocycles. The second-order valence-electron chi connectivity index (χ2n) is 3.81. The number of amides is 1. The fourth-order valence-electron chi connectivity index (χ4n) is 1.54. The molecule has 0 unspecified atom stereocenters. The van der Waals surface area contributed by atoms with Gasteiger partial charge in [0.1, 0.15) is 12.2 Å².